The zero-order valence-corrected chi connectivity index (χ0v) is 12.6. The van der Waals surface area contributed by atoms with Crippen LogP contribution in [0.3, 0.4) is 0 Å². The van der Waals surface area contributed by atoms with Crippen LogP contribution in [-0.4, -0.2) is 78.6 Å². The quantitative estimate of drug-likeness (QED) is 0.331. The topological polar surface area (TPSA) is 80.9 Å². The zero-order valence-electron chi connectivity index (χ0n) is 7.70. The molecule has 0 heterocycles. The number of hydrogen-bond donors (Lipinski definition) is 4. The molecule has 2 radical (unpaired) electrons. The predicted molar refractivity (Wildman–Crippen MR) is 32.3 cm³/mol. The van der Waals surface area contributed by atoms with Gasteiger partial charge in [-0.3, -0.25) is 0 Å². The summed E-state index contributed by atoms with van der Waals surface area (Å²) in [6, 6.07) is 0. The fourth-order valence-electron chi connectivity index (χ4n) is 0. The Hall–Kier alpha value is 2.34. The Labute approximate surface area is 101 Å². The summed E-state index contributed by atoms with van der Waals surface area (Å²) >= 11 is 0. The molecule has 8 heteroatoms. The van der Waals surface area contributed by atoms with Crippen molar-refractivity contribution in [3.63, 3.8) is 0 Å². The van der Waals surface area contributed by atoms with Crippen molar-refractivity contribution in [2.45, 2.75) is 0 Å². The van der Waals surface area contributed by atoms with E-state index >= 15 is 0 Å². The average molecular weight is 340 g/mol. The van der Waals surface area contributed by atoms with E-state index in [0.717, 1.165) is 0 Å². The van der Waals surface area contributed by atoms with Gasteiger partial charge in [-0.05, 0) is 0 Å². The van der Waals surface area contributed by atoms with Crippen molar-refractivity contribution in [2.24, 2.45) is 0 Å². The van der Waals surface area contributed by atoms with E-state index in [4.69, 9.17) is 19.2 Å². The van der Waals surface area contributed by atoms with Crippen molar-refractivity contribution in [3.05, 3.63) is 0 Å². The van der Waals surface area contributed by atoms with E-state index in [0.29, 0.717) is 0 Å². The van der Waals surface area contributed by atoms with E-state index in [9.17, 15) is 0 Å². The van der Waals surface area contributed by atoms with Gasteiger partial charge in [0.25, 0.3) is 0 Å². The van der Waals surface area contributed by atoms with Crippen molar-refractivity contribution in [1.29, 1.82) is 0 Å². The van der Waals surface area contributed by atoms with E-state index < -0.39 is 9.05 Å². The second-order valence-corrected chi connectivity index (χ2v) is 1.80. The summed E-state index contributed by atoms with van der Waals surface area (Å²) in [6.07, 6.45) is 0. The van der Waals surface area contributed by atoms with Crippen LogP contribution in [0.15, 0.2) is 0 Å². The molecule has 0 fully saturated rings. The van der Waals surface area contributed by atoms with Crippen molar-refractivity contribution in [2.75, 3.05) is 0 Å². The molecule has 4 N–H and O–H groups in total. The third kappa shape index (κ3) is 82.0. The van der Waals surface area contributed by atoms with E-state index in [1.165, 1.54) is 0 Å². The third-order valence-electron chi connectivity index (χ3n) is 0. The molecule has 0 saturated carbocycles. The van der Waals surface area contributed by atoms with Gasteiger partial charge >= 0.3 is 78.3 Å². The van der Waals surface area contributed by atoms with Crippen molar-refractivity contribution in [1.82, 2.24) is 0 Å². The predicted octanol–water partition coefficient (Wildman–Crippen LogP) is -6.56. The SMILES string of the molecule is O[Si](O)(O)O.[H-].[H-].[H-].[Li+].[Mg+2].[PbH2]. The Morgan fingerprint density at radius 2 is 1.00 bits per heavy atom. The van der Waals surface area contributed by atoms with Crippen molar-refractivity contribution >= 4 is 59.4 Å². The van der Waals surface area contributed by atoms with Gasteiger partial charge in [0.15, 0.2) is 0 Å². The summed E-state index contributed by atoms with van der Waals surface area (Å²) in [5, 5.41) is 0. The number of hydrogen-bond acceptors (Lipinski definition) is 4. The summed E-state index contributed by atoms with van der Waals surface area (Å²) < 4.78 is 0. The second kappa shape index (κ2) is 9.34. The molecule has 0 spiro atoms. The minimum atomic E-state index is -4.61. The van der Waals surface area contributed by atoms with Gasteiger partial charge in [0.1, 0.15) is 0 Å². The molecule has 0 aromatic carbocycles. The molecule has 0 saturated heterocycles. The van der Waals surface area contributed by atoms with Crippen molar-refractivity contribution in [3.8, 4) is 0 Å². The Bertz CT molecular complexity index is 40.8. The molecule has 8 heavy (non-hydrogen) atoms. The molecule has 0 aliphatic heterocycles. The first-order valence-corrected chi connectivity index (χ1v) is 2.68. The standard InChI is InChI=1S/Li.Mg.H4O4Si.Pb.5H/c;;1-5(2,3)4;;;;;;/h;;1-4H;;;;;;/q+1;+2;;;;;3*-1. The van der Waals surface area contributed by atoms with Gasteiger partial charge in [0.2, 0.25) is 0 Å². The molecule has 0 bridgehead atoms. The van der Waals surface area contributed by atoms with Crippen LogP contribution in [0, 0.1) is 0 Å². The molecule has 0 unspecified atom stereocenters. The molecule has 0 aromatic heterocycles. The summed E-state index contributed by atoms with van der Waals surface area (Å²) in [4.78, 5) is 29.3. The van der Waals surface area contributed by atoms with Crippen LogP contribution in [0.1, 0.15) is 4.28 Å². The van der Waals surface area contributed by atoms with Crippen LogP contribution in [0.2, 0.25) is 0 Å². The van der Waals surface area contributed by atoms with Gasteiger partial charge in [0.05, 0.1) is 0 Å². The third-order valence-corrected chi connectivity index (χ3v) is 0. The molecule has 44 valence electrons. The molecular weight excluding hydrogens is 331 g/mol. The van der Waals surface area contributed by atoms with Gasteiger partial charge in [0, 0.05) is 0 Å². The minimum absolute atomic E-state index is 0. The van der Waals surface area contributed by atoms with Gasteiger partial charge in [-0.25, -0.2) is 0 Å². The van der Waals surface area contributed by atoms with E-state index in [2.05, 4.69) is 0 Å². The molecule has 0 aliphatic rings. The first-order valence-electron chi connectivity index (χ1n) is 0.894. The molecule has 0 rings (SSSR count). The molecule has 0 aliphatic carbocycles. The summed E-state index contributed by atoms with van der Waals surface area (Å²) in [7, 11) is -4.61. The Balaban J connectivity index is -0.00000000533. The summed E-state index contributed by atoms with van der Waals surface area (Å²) in [5.74, 6) is 0. The maximum atomic E-state index is 7.33. The van der Waals surface area contributed by atoms with Crippen LogP contribution < -0.4 is 18.9 Å². The molecule has 0 atom stereocenters. The first-order chi connectivity index (χ1) is 2.00. The molecule has 4 nitrogen and oxygen atoms in total. The number of rotatable bonds is 0. The Morgan fingerprint density at radius 3 is 1.00 bits per heavy atom. The monoisotopic (exact) mass is 340 g/mol. The van der Waals surface area contributed by atoms with Gasteiger partial charge < -0.3 is 23.5 Å². The van der Waals surface area contributed by atoms with Crippen LogP contribution in [0.5, 0.6) is 0 Å². The molecule has 0 aromatic rings. The van der Waals surface area contributed by atoms with Crippen LogP contribution in [0.25, 0.3) is 0 Å². The summed E-state index contributed by atoms with van der Waals surface area (Å²) in [5.41, 5.74) is 0. The van der Waals surface area contributed by atoms with Gasteiger partial charge in [-0.1, -0.05) is 0 Å². The van der Waals surface area contributed by atoms with E-state index in [1.54, 1.807) is 0 Å². The zero-order chi connectivity index (χ0) is 4.50. The summed E-state index contributed by atoms with van der Waals surface area (Å²) in [6.45, 7) is 0. The van der Waals surface area contributed by atoms with E-state index in [1.807, 2.05) is 0 Å². The van der Waals surface area contributed by atoms with E-state index in [-0.39, 0.29) is 73.5 Å². The van der Waals surface area contributed by atoms with Crippen LogP contribution in [-0.2, 0) is 0 Å². The fourth-order valence-corrected chi connectivity index (χ4v) is 0. The fraction of sp³-hybridized carbons (Fsp3) is 0. The Kier molecular flexibility index (Phi) is 26.2. The van der Waals surface area contributed by atoms with Gasteiger partial charge in [-0.15, -0.1) is 0 Å². The van der Waals surface area contributed by atoms with Crippen molar-refractivity contribution < 1.29 is 42.3 Å². The van der Waals surface area contributed by atoms with Crippen LogP contribution >= 0.6 is 0 Å². The Morgan fingerprint density at radius 1 is 1.00 bits per heavy atom. The molecule has 0 amide bonds. The maximum absolute atomic E-state index is 7.33. The first kappa shape index (κ1) is 22.4. The van der Waals surface area contributed by atoms with Crippen LogP contribution in [0.4, 0.5) is 0 Å². The normalized spacial score (nSPS) is 7.50. The molecular formula is H9LiMgO4PbSi. The average Bonchev–Trinajstić information content (AvgIpc) is 0.722. The second-order valence-electron chi connectivity index (χ2n) is 0.600. The van der Waals surface area contributed by atoms with Gasteiger partial charge in [-0.2, -0.15) is 0 Å².